The van der Waals surface area contributed by atoms with Crippen molar-refractivity contribution in [2.75, 3.05) is 6.79 Å². The van der Waals surface area contributed by atoms with E-state index < -0.39 is 12.1 Å². The molecule has 2 aromatic carbocycles. The summed E-state index contributed by atoms with van der Waals surface area (Å²) in [6, 6.07) is 13.7. The maximum Gasteiger partial charge on any atom is 0.339 e. The Labute approximate surface area is 203 Å². The Bertz CT molecular complexity index is 1380. The molecule has 1 aromatic heterocycles. The Morgan fingerprint density at radius 3 is 2.80 bits per heavy atom. The van der Waals surface area contributed by atoms with Gasteiger partial charge in [0.1, 0.15) is 0 Å². The zero-order valence-electron chi connectivity index (χ0n) is 19.5. The zero-order valence-corrected chi connectivity index (χ0v) is 19.5. The van der Waals surface area contributed by atoms with Crippen LogP contribution in [0.4, 0.5) is 0 Å². The van der Waals surface area contributed by atoms with Gasteiger partial charge in [-0.05, 0) is 80.0 Å². The maximum atomic E-state index is 13.5. The van der Waals surface area contributed by atoms with Gasteiger partial charge in [0.15, 0.2) is 17.6 Å². The van der Waals surface area contributed by atoms with Gasteiger partial charge in [0.05, 0.1) is 16.8 Å². The molecule has 1 unspecified atom stereocenters. The van der Waals surface area contributed by atoms with Crippen molar-refractivity contribution >= 4 is 34.4 Å². The predicted octanol–water partition coefficient (Wildman–Crippen LogP) is 4.66. The van der Waals surface area contributed by atoms with Crippen molar-refractivity contribution in [3.05, 3.63) is 64.8 Å². The molecule has 35 heavy (non-hydrogen) atoms. The van der Waals surface area contributed by atoms with Crippen LogP contribution in [0.1, 0.15) is 59.8 Å². The minimum absolute atomic E-state index is 0.210. The number of para-hydroxylation sites is 1. The summed E-state index contributed by atoms with van der Waals surface area (Å²) in [4.78, 5) is 30.8. The predicted molar refractivity (Wildman–Crippen MR) is 131 cm³/mol. The van der Waals surface area contributed by atoms with Crippen LogP contribution in [-0.2, 0) is 16.0 Å². The summed E-state index contributed by atoms with van der Waals surface area (Å²) in [6.45, 7) is 1.85. The number of fused-ring (bicyclic) bond motifs is 3. The number of ether oxygens (including phenoxy) is 3. The highest BCUT2D eigenvalue weighted by Crippen LogP contribution is 2.38. The van der Waals surface area contributed by atoms with Gasteiger partial charge >= 0.3 is 5.97 Å². The number of amides is 1. The van der Waals surface area contributed by atoms with Crippen molar-refractivity contribution < 1.29 is 23.8 Å². The smallest absolute Gasteiger partial charge is 0.339 e. The Morgan fingerprint density at radius 2 is 1.94 bits per heavy atom. The van der Waals surface area contributed by atoms with Gasteiger partial charge in [0.25, 0.3) is 5.91 Å². The summed E-state index contributed by atoms with van der Waals surface area (Å²) in [5.41, 5.74) is 4.97. The Kier molecular flexibility index (Phi) is 5.40. The van der Waals surface area contributed by atoms with Gasteiger partial charge in [-0.3, -0.25) is 4.79 Å². The third kappa shape index (κ3) is 4.22. The molecule has 7 nitrogen and oxygen atoms in total. The fraction of sp³-hybridized carbons (Fsp3) is 0.321. The number of allylic oxidation sites excluding steroid dienone is 1. The van der Waals surface area contributed by atoms with Gasteiger partial charge in [0, 0.05) is 11.4 Å². The molecule has 1 saturated carbocycles. The van der Waals surface area contributed by atoms with Crippen molar-refractivity contribution in [1.82, 2.24) is 10.3 Å². The van der Waals surface area contributed by atoms with Crippen LogP contribution >= 0.6 is 0 Å². The molecule has 0 saturated heterocycles. The molecule has 178 valence electrons. The average molecular weight is 471 g/mol. The molecular weight excluding hydrogens is 444 g/mol. The van der Waals surface area contributed by atoms with Gasteiger partial charge in [0.2, 0.25) is 6.79 Å². The fourth-order valence-electron chi connectivity index (χ4n) is 4.73. The first-order valence-electron chi connectivity index (χ1n) is 12.1. The Balaban J connectivity index is 1.39. The summed E-state index contributed by atoms with van der Waals surface area (Å²) in [5.74, 6) is 0.730. The first-order valence-corrected chi connectivity index (χ1v) is 12.1. The number of nitrogens with zero attached hydrogens (tertiary/aromatic N) is 1. The topological polar surface area (TPSA) is 86.8 Å². The van der Waals surface area contributed by atoms with E-state index in [0.717, 1.165) is 76.9 Å². The van der Waals surface area contributed by atoms with Crippen LogP contribution in [0.5, 0.6) is 11.5 Å². The van der Waals surface area contributed by atoms with Gasteiger partial charge < -0.3 is 19.5 Å². The quantitative estimate of drug-likeness (QED) is 0.546. The van der Waals surface area contributed by atoms with Crippen molar-refractivity contribution in [2.24, 2.45) is 0 Å². The number of pyridine rings is 1. The van der Waals surface area contributed by atoms with Crippen molar-refractivity contribution in [3.63, 3.8) is 0 Å². The molecule has 0 bridgehead atoms. The molecule has 2 heterocycles. The van der Waals surface area contributed by atoms with Crippen LogP contribution in [0.25, 0.3) is 22.6 Å². The number of benzene rings is 2. The largest absolute Gasteiger partial charge is 0.454 e. The average Bonchev–Trinajstić information content (AvgIpc) is 3.55. The number of hydrogen-bond donors (Lipinski definition) is 1. The second-order valence-electron chi connectivity index (χ2n) is 9.30. The number of aromatic nitrogens is 1. The highest BCUT2D eigenvalue weighted by Gasteiger charge is 2.30. The summed E-state index contributed by atoms with van der Waals surface area (Å²) in [7, 11) is 0. The van der Waals surface area contributed by atoms with Crippen molar-refractivity contribution in [2.45, 2.75) is 51.2 Å². The van der Waals surface area contributed by atoms with E-state index in [4.69, 9.17) is 19.2 Å². The Morgan fingerprint density at radius 1 is 1.11 bits per heavy atom. The first kappa shape index (κ1) is 21.6. The highest BCUT2D eigenvalue weighted by molar-refractivity contribution is 6.07. The van der Waals surface area contributed by atoms with E-state index in [9.17, 15) is 9.59 Å². The molecule has 1 amide bonds. The molecule has 0 radical (unpaired) electrons. The standard InChI is InChI=1S/C28H26N2O5/c1-16(27(31)29-19-10-11-19)35-28(32)25-20-6-2-3-8-22(20)30-26-18(5-4-7-21(25)26)13-17-9-12-23-24(14-17)34-15-33-23/h2-3,6,8-9,12-14,16,19H,4-5,7,10-11,15H2,1H3,(H,29,31)/b18-13+. The molecule has 0 spiro atoms. The van der Waals surface area contributed by atoms with E-state index in [0.29, 0.717) is 5.56 Å². The van der Waals surface area contributed by atoms with E-state index in [1.54, 1.807) is 6.92 Å². The molecule has 1 fully saturated rings. The number of nitrogens with one attached hydrogen (secondary N) is 1. The van der Waals surface area contributed by atoms with Gasteiger partial charge in [-0.15, -0.1) is 0 Å². The van der Waals surface area contributed by atoms with Gasteiger partial charge in [-0.1, -0.05) is 24.3 Å². The van der Waals surface area contributed by atoms with E-state index in [2.05, 4.69) is 11.4 Å². The minimum Gasteiger partial charge on any atom is -0.454 e. The number of carbonyl (C=O) groups is 2. The molecule has 1 N–H and O–H groups in total. The molecular formula is C28H26N2O5. The first-order chi connectivity index (χ1) is 17.1. The van der Waals surface area contributed by atoms with Crippen LogP contribution in [0.2, 0.25) is 0 Å². The monoisotopic (exact) mass is 470 g/mol. The van der Waals surface area contributed by atoms with E-state index in [1.165, 1.54) is 0 Å². The number of carbonyl (C=O) groups excluding carboxylic acids is 2. The highest BCUT2D eigenvalue weighted by atomic mass is 16.7. The summed E-state index contributed by atoms with van der Waals surface area (Å²) >= 11 is 0. The fourth-order valence-corrected chi connectivity index (χ4v) is 4.73. The lowest BCUT2D eigenvalue weighted by Gasteiger charge is -2.23. The molecule has 1 atom stereocenters. The molecule has 6 rings (SSSR count). The third-order valence-electron chi connectivity index (χ3n) is 6.69. The maximum absolute atomic E-state index is 13.5. The van der Waals surface area contributed by atoms with Crippen LogP contribution < -0.4 is 14.8 Å². The van der Waals surface area contributed by atoms with Crippen LogP contribution in [0, 0.1) is 0 Å². The second-order valence-corrected chi connectivity index (χ2v) is 9.30. The van der Waals surface area contributed by atoms with Gasteiger partial charge in [-0.25, -0.2) is 9.78 Å². The van der Waals surface area contributed by atoms with Crippen molar-refractivity contribution in [3.8, 4) is 11.5 Å². The second kappa shape index (κ2) is 8.73. The molecule has 3 aliphatic rings. The summed E-state index contributed by atoms with van der Waals surface area (Å²) < 4.78 is 16.6. The molecule has 3 aromatic rings. The number of esters is 1. The molecule has 7 heteroatoms. The van der Waals surface area contributed by atoms with Crippen LogP contribution in [-0.4, -0.2) is 35.8 Å². The van der Waals surface area contributed by atoms with E-state index in [1.807, 2.05) is 42.5 Å². The van der Waals surface area contributed by atoms with E-state index >= 15 is 0 Å². The molecule has 2 aliphatic carbocycles. The number of hydrogen-bond acceptors (Lipinski definition) is 6. The lowest BCUT2D eigenvalue weighted by Crippen LogP contribution is -2.37. The minimum atomic E-state index is -0.863. The summed E-state index contributed by atoms with van der Waals surface area (Å²) in [6.07, 6.45) is 5.66. The number of rotatable bonds is 5. The zero-order chi connectivity index (χ0) is 23.9. The van der Waals surface area contributed by atoms with E-state index in [-0.39, 0.29) is 18.7 Å². The normalized spacial score (nSPS) is 18.3. The Hall–Kier alpha value is -3.87. The van der Waals surface area contributed by atoms with Gasteiger partial charge in [-0.2, -0.15) is 0 Å². The van der Waals surface area contributed by atoms with Crippen LogP contribution in [0.15, 0.2) is 42.5 Å². The lowest BCUT2D eigenvalue weighted by molar-refractivity contribution is -0.129. The molecule has 1 aliphatic heterocycles. The lowest BCUT2D eigenvalue weighted by atomic mass is 9.86. The van der Waals surface area contributed by atoms with Crippen LogP contribution in [0.3, 0.4) is 0 Å². The third-order valence-corrected chi connectivity index (χ3v) is 6.69. The van der Waals surface area contributed by atoms with Crippen molar-refractivity contribution in [1.29, 1.82) is 0 Å². The SMILES string of the molecule is CC(OC(=O)c1c2c(nc3ccccc13)/C(=C/c1ccc3c(c1)OCO3)CCC2)C(=O)NC1CC1. The summed E-state index contributed by atoms with van der Waals surface area (Å²) in [5, 5.41) is 3.65.